The lowest BCUT2D eigenvalue weighted by Gasteiger charge is -2.43. The maximum atomic E-state index is 12.8. The van der Waals surface area contributed by atoms with E-state index in [1.807, 2.05) is 0 Å². The van der Waals surface area contributed by atoms with E-state index in [0.29, 0.717) is 34.0 Å². The van der Waals surface area contributed by atoms with Crippen LogP contribution in [0.4, 0.5) is 11.4 Å². The smallest absolute Gasteiger partial charge is 0.262 e. The molecule has 4 N–H and O–H groups in total. The van der Waals surface area contributed by atoms with Crippen LogP contribution in [0.2, 0.25) is 5.02 Å². The van der Waals surface area contributed by atoms with Crippen molar-refractivity contribution in [2.45, 2.75) is 38.1 Å². The van der Waals surface area contributed by atoms with E-state index >= 15 is 0 Å². The zero-order valence-corrected chi connectivity index (χ0v) is 15.9. The van der Waals surface area contributed by atoms with Crippen LogP contribution < -0.4 is 21.1 Å². The molecule has 0 saturated heterocycles. The predicted octanol–water partition coefficient (Wildman–Crippen LogP) is 3.18. The lowest BCUT2D eigenvalue weighted by atomic mass is 9.65. The highest BCUT2D eigenvalue weighted by atomic mass is 35.5. The quantitative estimate of drug-likeness (QED) is 0.711. The van der Waals surface area contributed by atoms with E-state index in [4.69, 9.17) is 22.1 Å². The first-order chi connectivity index (χ1) is 12.0. The number of benzene rings is 1. The molecule has 1 aromatic rings. The highest BCUT2D eigenvalue weighted by Crippen LogP contribution is 2.43. The summed E-state index contributed by atoms with van der Waals surface area (Å²) in [6.07, 6.45) is 5.15. The standard InChI is InChI=1S/C18H22ClN3O3.ClH/c19-12-6-14-15(25-8-16(23)21-14)7-13(12)22-18(24)11-4-9-2-1-3-10(5-11)17(9)20;/h6-7,9-11,17H,1-5,8,20H2,(H,21,23)(H,22,24);1H. The molecular formula is C18H23Cl2N3O3. The van der Waals surface area contributed by atoms with Gasteiger partial charge in [-0.1, -0.05) is 18.0 Å². The van der Waals surface area contributed by atoms with Gasteiger partial charge in [-0.3, -0.25) is 9.59 Å². The second kappa shape index (κ2) is 7.62. The molecule has 1 heterocycles. The van der Waals surface area contributed by atoms with Crippen LogP contribution >= 0.6 is 24.0 Å². The number of carbonyl (C=O) groups excluding carboxylic acids is 2. The minimum absolute atomic E-state index is 0. The molecule has 1 aromatic carbocycles. The van der Waals surface area contributed by atoms with Crippen molar-refractivity contribution in [1.29, 1.82) is 0 Å². The van der Waals surface area contributed by atoms with Crippen LogP contribution in [0.25, 0.3) is 0 Å². The third-order valence-corrected chi connectivity index (χ3v) is 6.06. The van der Waals surface area contributed by atoms with Crippen molar-refractivity contribution in [3.63, 3.8) is 0 Å². The summed E-state index contributed by atoms with van der Waals surface area (Å²) in [5.74, 6) is 1.15. The van der Waals surface area contributed by atoms with Gasteiger partial charge in [0.25, 0.3) is 5.91 Å². The van der Waals surface area contributed by atoms with E-state index in [-0.39, 0.29) is 42.8 Å². The first-order valence-electron chi connectivity index (χ1n) is 8.84. The fraction of sp³-hybridized carbons (Fsp3) is 0.556. The molecule has 142 valence electrons. The highest BCUT2D eigenvalue weighted by Gasteiger charge is 2.40. The number of rotatable bonds is 2. The maximum absolute atomic E-state index is 12.8. The van der Waals surface area contributed by atoms with Crippen molar-refractivity contribution >= 4 is 47.2 Å². The van der Waals surface area contributed by atoms with Gasteiger partial charge in [0.05, 0.1) is 16.4 Å². The maximum Gasteiger partial charge on any atom is 0.262 e. The average Bonchev–Trinajstić information content (AvgIpc) is 2.55. The van der Waals surface area contributed by atoms with Crippen molar-refractivity contribution in [1.82, 2.24) is 0 Å². The number of anilines is 2. The molecule has 26 heavy (non-hydrogen) atoms. The Kier molecular flexibility index (Phi) is 5.65. The third-order valence-electron chi connectivity index (χ3n) is 5.74. The van der Waals surface area contributed by atoms with Gasteiger partial charge < -0.3 is 21.1 Å². The summed E-state index contributed by atoms with van der Waals surface area (Å²) in [5, 5.41) is 6.02. The Bertz CT molecular complexity index is 714. The van der Waals surface area contributed by atoms with Crippen LogP contribution in [0, 0.1) is 17.8 Å². The van der Waals surface area contributed by atoms with E-state index in [0.717, 1.165) is 25.7 Å². The fourth-order valence-electron chi connectivity index (χ4n) is 4.43. The summed E-state index contributed by atoms with van der Waals surface area (Å²) >= 11 is 6.27. The Morgan fingerprint density at radius 1 is 1.27 bits per heavy atom. The number of hydrogen-bond acceptors (Lipinski definition) is 4. The minimum Gasteiger partial charge on any atom is -0.482 e. The molecule has 2 saturated carbocycles. The van der Waals surface area contributed by atoms with Gasteiger partial charge in [-0.2, -0.15) is 0 Å². The third kappa shape index (κ3) is 3.63. The molecule has 0 aromatic heterocycles. The SMILES string of the molecule is Cl.NC1C2CCCC1CC(C(=O)Nc1cc3c(cc1Cl)NC(=O)CO3)C2. The van der Waals surface area contributed by atoms with Crippen molar-refractivity contribution in [2.24, 2.45) is 23.5 Å². The van der Waals surface area contributed by atoms with E-state index in [2.05, 4.69) is 10.6 Å². The minimum atomic E-state index is -0.217. The summed E-state index contributed by atoms with van der Waals surface area (Å²) in [6.45, 7) is -0.0358. The van der Waals surface area contributed by atoms with Gasteiger partial charge in [-0.05, 0) is 43.6 Å². The molecule has 0 radical (unpaired) electrons. The molecule has 3 aliphatic rings. The van der Waals surface area contributed by atoms with Gasteiger partial charge in [0.15, 0.2) is 6.61 Å². The molecule has 4 rings (SSSR count). The molecule has 2 aliphatic carbocycles. The Morgan fingerprint density at radius 2 is 1.96 bits per heavy atom. The second-order valence-corrected chi connectivity index (χ2v) is 7.76. The first-order valence-corrected chi connectivity index (χ1v) is 9.21. The van der Waals surface area contributed by atoms with Gasteiger partial charge in [0.1, 0.15) is 5.75 Å². The van der Waals surface area contributed by atoms with E-state index in [9.17, 15) is 9.59 Å². The topological polar surface area (TPSA) is 93.5 Å². The van der Waals surface area contributed by atoms with Gasteiger partial charge in [-0.15, -0.1) is 12.4 Å². The van der Waals surface area contributed by atoms with Gasteiger partial charge in [0, 0.05) is 18.0 Å². The van der Waals surface area contributed by atoms with Crippen LogP contribution in [0.3, 0.4) is 0 Å². The van der Waals surface area contributed by atoms with E-state index in [1.165, 1.54) is 6.42 Å². The second-order valence-electron chi connectivity index (χ2n) is 7.35. The molecule has 0 spiro atoms. The number of ether oxygens (including phenoxy) is 1. The molecule has 2 bridgehead atoms. The van der Waals surface area contributed by atoms with Crippen LogP contribution in [0.1, 0.15) is 32.1 Å². The number of nitrogens with two attached hydrogens (primary N) is 1. The van der Waals surface area contributed by atoms with Gasteiger partial charge in [0.2, 0.25) is 5.91 Å². The summed E-state index contributed by atoms with van der Waals surface area (Å²) < 4.78 is 5.39. The number of fused-ring (bicyclic) bond motifs is 3. The molecule has 2 amide bonds. The number of halogens is 2. The summed E-state index contributed by atoms with van der Waals surface area (Å²) in [6, 6.07) is 3.52. The van der Waals surface area contributed by atoms with Crippen LogP contribution in [-0.4, -0.2) is 24.5 Å². The zero-order valence-electron chi connectivity index (χ0n) is 14.3. The molecule has 2 atom stereocenters. The van der Waals surface area contributed by atoms with Crippen molar-refractivity contribution in [3.8, 4) is 5.75 Å². The molecule has 8 heteroatoms. The van der Waals surface area contributed by atoms with Gasteiger partial charge >= 0.3 is 0 Å². The average molecular weight is 400 g/mol. The van der Waals surface area contributed by atoms with Crippen LogP contribution in [-0.2, 0) is 9.59 Å². The molecule has 6 nitrogen and oxygen atoms in total. The summed E-state index contributed by atoms with van der Waals surface area (Å²) in [7, 11) is 0. The molecule has 2 unspecified atom stereocenters. The van der Waals surface area contributed by atoms with E-state index < -0.39 is 0 Å². The largest absolute Gasteiger partial charge is 0.482 e. The summed E-state index contributed by atoms with van der Waals surface area (Å²) in [4.78, 5) is 24.1. The monoisotopic (exact) mass is 399 g/mol. The molecular weight excluding hydrogens is 377 g/mol. The fourth-order valence-corrected chi connectivity index (χ4v) is 4.64. The van der Waals surface area contributed by atoms with Crippen molar-refractivity contribution < 1.29 is 14.3 Å². The predicted molar refractivity (Wildman–Crippen MR) is 103 cm³/mol. The van der Waals surface area contributed by atoms with Crippen molar-refractivity contribution in [2.75, 3.05) is 17.2 Å². The number of carbonyl (C=O) groups is 2. The Hall–Kier alpha value is -1.50. The Morgan fingerprint density at radius 3 is 2.65 bits per heavy atom. The van der Waals surface area contributed by atoms with Crippen molar-refractivity contribution in [3.05, 3.63) is 17.2 Å². The Balaban J connectivity index is 0.00000196. The lowest BCUT2D eigenvalue weighted by Crippen LogP contribution is -2.48. The summed E-state index contributed by atoms with van der Waals surface area (Å²) in [5.41, 5.74) is 7.35. The zero-order chi connectivity index (χ0) is 17.6. The lowest BCUT2D eigenvalue weighted by molar-refractivity contribution is -0.122. The first kappa shape index (κ1) is 19.3. The number of hydrogen-bond donors (Lipinski definition) is 3. The van der Waals surface area contributed by atoms with Crippen LogP contribution in [0.5, 0.6) is 5.75 Å². The van der Waals surface area contributed by atoms with Crippen LogP contribution in [0.15, 0.2) is 12.1 Å². The number of amides is 2. The van der Waals surface area contributed by atoms with E-state index in [1.54, 1.807) is 12.1 Å². The Labute approximate surface area is 163 Å². The van der Waals surface area contributed by atoms with Gasteiger partial charge in [-0.25, -0.2) is 0 Å². The normalized spacial score (nSPS) is 29.5. The number of nitrogens with one attached hydrogen (secondary N) is 2. The molecule has 2 fully saturated rings. The molecule has 1 aliphatic heterocycles. The highest BCUT2D eigenvalue weighted by molar-refractivity contribution is 6.34.